The Balaban J connectivity index is 0.704. The van der Waals surface area contributed by atoms with Gasteiger partial charge in [0.25, 0.3) is 0 Å². The number of rotatable bonds is 26. The van der Waals surface area contributed by atoms with E-state index in [0.717, 1.165) is 77.2 Å². The van der Waals surface area contributed by atoms with Crippen LogP contribution in [0.1, 0.15) is 108 Å². The molecule has 0 radical (unpaired) electrons. The lowest BCUT2D eigenvalue weighted by molar-refractivity contribution is -0.160. The van der Waals surface area contributed by atoms with E-state index in [2.05, 4.69) is 0 Å². The maximum Gasteiger partial charge on any atom is 0.306 e. The molecule has 2 aliphatic heterocycles. The average Bonchev–Trinajstić information content (AvgIpc) is 1.04. The number of esters is 4. The Morgan fingerprint density at radius 2 is 0.719 bits per heavy atom. The van der Waals surface area contributed by atoms with Crippen molar-refractivity contribution in [2.45, 2.75) is 103 Å². The van der Waals surface area contributed by atoms with E-state index in [9.17, 15) is 19.2 Å². The summed E-state index contributed by atoms with van der Waals surface area (Å²) < 4.78 is 65.5. The Hall–Kier alpha value is -9.60. The van der Waals surface area contributed by atoms with Crippen molar-refractivity contribution in [3.8, 4) is 34.5 Å². The van der Waals surface area contributed by atoms with Crippen LogP contribution in [-0.2, 0) is 67.3 Å². The van der Waals surface area contributed by atoms with Crippen LogP contribution < -0.4 is 28.4 Å². The number of carbonyl (C=O) groups is 4. The molecule has 0 saturated carbocycles. The Kier molecular flexibility index (Phi) is 19.7. The number of benzene rings is 8. The van der Waals surface area contributed by atoms with Crippen LogP contribution in [-0.4, -0.2) is 77.7 Å². The molecule has 0 aliphatic carbocycles. The molecule has 0 amide bonds. The lowest BCUT2D eigenvalue weighted by Gasteiger charge is -2.37. The van der Waals surface area contributed by atoms with Crippen LogP contribution in [0.2, 0.25) is 0 Å². The van der Waals surface area contributed by atoms with Gasteiger partial charge in [-0.3, -0.25) is 19.2 Å². The fourth-order valence-corrected chi connectivity index (χ4v) is 11.5. The molecular weight excluding hydrogens is 1130 g/mol. The summed E-state index contributed by atoms with van der Waals surface area (Å²) in [6, 6.07) is 47.1. The van der Waals surface area contributed by atoms with Crippen LogP contribution in [0, 0.1) is 13.8 Å². The molecule has 2 aliphatic rings. The van der Waals surface area contributed by atoms with Gasteiger partial charge in [-0.25, -0.2) is 0 Å². The molecule has 0 N–H and O–H groups in total. The van der Waals surface area contributed by atoms with E-state index in [4.69, 9.17) is 52.1 Å². The minimum Gasteiger partial charge on any atom is -0.497 e. The van der Waals surface area contributed by atoms with Crippen molar-refractivity contribution in [1.29, 1.82) is 0 Å². The third kappa shape index (κ3) is 13.5. The van der Waals surface area contributed by atoms with Gasteiger partial charge in [-0.05, 0) is 109 Å². The van der Waals surface area contributed by atoms with Gasteiger partial charge in [-0.1, -0.05) is 123 Å². The summed E-state index contributed by atoms with van der Waals surface area (Å²) in [4.78, 5) is 53.0. The zero-order valence-corrected chi connectivity index (χ0v) is 51.5. The lowest BCUT2D eigenvalue weighted by atomic mass is 9.82. The Morgan fingerprint density at radius 1 is 0.416 bits per heavy atom. The van der Waals surface area contributed by atoms with Crippen molar-refractivity contribution < 1.29 is 71.3 Å². The van der Waals surface area contributed by atoms with Crippen molar-refractivity contribution >= 4 is 57.6 Å². The average molecular weight is 1200 g/mol. The molecule has 8 aromatic rings. The molecular formula is C74H74O15. The minimum atomic E-state index is -1.03. The van der Waals surface area contributed by atoms with Crippen LogP contribution in [0.15, 0.2) is 158 Å². The van der Waals surface area contributed by atoms with E-state index in [-0.39, 0.29) is 52.1 Å². The van der Waals surface area contributed by atoms with E-state index in [1.807, 2.05) is 198 Å². The molecule has 0 aromatic heterocycles. The Morgan fingerprint density at radius 3 is 1.02 bits per heavy atom. The van der Waals surface area contributed by atoms with E-state index in [1.165, 1.54) is 0 Å². The highest BCUT2D eigenvalue weighted by Gasteiger charge is 2.41. The van der Waals surface area contributed by atoms with Crippen LogP contribution in [0.25, 0.3) is 33.7 Å². The second-order valence-corrected chi connectivity index (χ2v) is 21.9. The van der Waals surface area contributed by atoms with Gasteiger partial charge in [0.05, 0.1) is 67.3 Å². The minimum absolute atomic E-state index is 0.0370. The second kappa shape index (κ2) is 28.0. The summed E-state index contributed by atoms with van der Waals surface area (Å²) in [5, 5.41) is 3.70. The van der Waals surface area contributed by atoms with Gasteiger partial charge in [-0.15, -0.1) is 0 Å². The highest BCUT2D eigenvalue weighted by Crippen LogP contribution is 2.50. The Labute approximate surface area is 519 Å². The van der Waals surface area contributed by atoms with E-state index in [1.54, 1.807) is 28.4 Å². The quantitative estimate of drug-likeness (QED) is 0.0370. The molecule has 460 valence electrons. The summed E-state index contributed by atoms with van der Waals surface area (Å²) in [5.74, 6) is 1.85. The van der Waals surface area contributed by atoms with Crippen LogP contribution in [0.3, 0.4) is 0 Å². The van der Waals surface area contributed by atoms with Crippen molar-refractivity contribution in [3.05, 3.63) is 213 Å². The number of carbonyl (C=O) groups excluding carboxylic acids is 4. The van der Waals surface area contributed by atoms with Gasteiger partial charge < -0.3 is 52.1 Å². The van der Waals surface area contributed by atoms with Gasteiger partial charge in [0, 0.05) is 55.3 Å². The highest BCUT2D eigenvalue weighted by molar-refractivity contribution is 5.98. The van der Waals surface area contributed by atoms with Gasteiger partial charge in [0.2, 0.25) is 0 Å². The molecule has 2 atom stereocenters. The van der Waals surface area contributed by atoms with E-state index >= 15 is 0 Å². The van der Waals surface area contributed by atoms with Gasteiger partial charge in [0.1, 0.15) is 59.9 Å². The zero-order chi connectivity index (χ0) is 62.7. The van der Waals surface area contributed by atoms with Gasteiger partial charge >= 0.3 is 23.9 Å². The van der Waals surface area contributed by atoms with Crippen molar-refractivity contribution in [3.63, 3.8) is 0 Å². The molecule has 89 heavy (non-hydrogen) atoms. The molecule has 2 heterocycles. The Bertz CT molecular complexity index is 3550. The van der Waals surface area contributed by atoms with Crippen LogP contribution in [0.4, 0.5) is 0 Å². The number of hydrogen-bond donors (Lipinski definition) is 0. The van der Waals surface area contributed by atoms with Crippen LogP contribution in [0.5, 0.6) is 34.5 Å². The van der Waals surface area contributed by atoms with Crippen LogP contribution >= 0.6 is 0 Å². The smallest absolute Gasteiger partial charge is 0.306 e. The van der Waals surface area contributed by atoms with Gasteiger partial charge in [-0.2, -0.15) is 0 Å². The maximum atomic E-state index is 13.4. The van der Waals surface area contributed by atoms with E-state index in [0.29, 0.717) is 47.3 Å². The number of methoxy groups -OCH3 is 4. The maximum absolute atomic E-state index is 13.4. The standard InChI is InChI=1S/C74H74O15/c1-9-53(86-69(77)37-35-67(75)84-45-65-47(3)59-15-11-13-17-61(59)71-63(65)39-41-73(88-71,49-19-27-55(79-5)28-20-49)50-21-29-56(80-6)30-22-50)43-83-44-54(10-2)87-70(78)38-36-68(76)85-46-66-48(4)60-16-12-14-18-62(60)72-64(66)40-42-74(89-72,51-23-31-57(81-7)32-24-51)52-25-33-58(82-8)34-26-52/h11-34,39-42,53-54H,9-10,35-38,43-46H2,1-8H3. The number of ether oxygens (including phenoxy) is 11. The zero-order valence-electron chi connectivity index (χ0n) is 51.5. The SMILES string of the molecule is CCC(COCC(CC)OC(=O)CCC(=O)OCc1c2c(c3ccccc3c1C)OC(c1ccc(OC)cc1)(c1ccc(OC)cc1)C=C2)OC(=O)CCC(=O)OCc1c2c(c3ccccc3c1C)OC(c1ccc(OC)cc1)(c1ccc(OC)cc1)C=C2. The fourth-order valence-electron chi connectivity index (χ4n) is 11.5. The fraction of sp³-hybridized carbons (Fsp3) is 0.297. The first-order valence-electron chi connectivity index (χ1n) is 30.0. The topological polar surface area (TPSA) is 170 Å². The molecule has 0 saturated heterocycles. The predicted molar refractivity (Wildman–Crippen MR) is 339 cm³/mol. The first-order chi connectivity index (χ1) is 43.2. The molecule has 10 rings (SSSR count). The molecule has 0 spiro atoms. The lowest BCUT2D eigenvalue weighted by Crippen LogP contribution is -2.34. The van der Waals surface area contributed by atoms with Crippen molar-refractivity contribution in [1.82, 2.24) is 0 Å². The first-order valence-corrected chi connectivity index (χ1v) is 30.0. The second-order valence-electron chi connectivity index (χ2n) is 21.9. The van der Waals surface area contributed by atoms with Crippen molar-refractivity contribution in [2.75, 3.05) is 41.7 Å². The summed E-state index contributed by atoms with van der Waals surface area (Å²) in [6.45, 7) is 7.67. The van der Waals surface area contributed by atoms with Crippen molar-refractivity contribution in [2.24, 2.45) is 0 Å². The van der Waals surface area contributed by atoms with Gasteiger partial charge in [0.15, 0.2) is 11.2 Å². The summed E-state index contributed by atoms with van der Waals surface area (Å²) in [5.41, 5.74) is 6.47. The molecule has 0 fully saturated rings. The molecule has 15 nitrogen and oxygen atoms in total. The summed E-state index contributed by atoms with van der Waals surface area (Å²) >= 11 is 0. The highest BCUT2D eigenvalue weighted by atomic mass is 16.6. The third-order valence-corrected chi connectivity index (χ3v) is 16.7. The number of hydrogen-bond acceptors (Lipinski definition) is 15. The molecule has 8 aromatic carbocycles. The number of aryl methyl sites for hydroxylation is 2. The third-order valence-electron chi connectivity index (χ3n) is 16.7. The molecule has 2 unspecified atom stereocenters. The first kappa shape index (κ1) is 62.5. The largest absolute Gasteiger partial charge is 0.497 e. The van der Waals surface area contributed by atoms with E-state index < -0.39 is 47.3 Å². The molecule has 15 heteroatoms. The predicted octanol–water partition coefficient (Wildman–Crippen LogP) is 14.4. The number of fused-ring (bicyclic) bond motifs is 6. The monoisotopic (exact) mass is 1200 g/mol. The molecule has 0 bridgehead atoms. The summed E-state index contributed by atoms with van der Waals surface area (Å²) in [6.07, 6.45) is 6.92. The summed E-state index contributed by atoms with van der Waals surface area (Å²) in [7, 11) is 6.51. The normalized spacial score (nSPS) is 14.0.